The Bertz CT molecular complexity index is 461. The highest BCUT2D eigenvalue weighted by Crippen LogP contribution is 2.23. The minimum Gasteiger partial charge on any atom is -0.491 e. The summed E-state index contributed by atoms with van der Waals surface area (Å²) in [7, 11) is 0. The number of ether oxygens (including phenoxy) is 1. The molecule has 2 N–H and O–H groups in total. The number of benzene rings is 1. The first-order valence-corrected chi connectivity index (χ1v) is 8.43. The molecular weight excluding hydrogens is 274 g/mol. The number of para-hydroxylation sites is 1. The van der Waals surface area contributed by atoms with E-state index in [1.807, 2.05) is 30.3 Å². The predicted molar refractivity (Wildman–Crippen MR) is 91.3 cm³/mol. The van der Waals surface area contributed by atoms with Crippen LogP contribution in [0.15, 0.2) is 36.9 Å². The van der Waals surface area contributed by atoms with E-state index in [4.69, 9.17) is 4.74 Å². The summed E-state index contributed by atoms with van der Waals surface area (Å²) in [6, 6.07) is 8.47. The molecule has 1 aromatic carbocycles. The summed E-state index contributed by atoms with van der Waals surface area (Å²) < 4.78 is 5.78. The van der Waals surface area contributed by atoms with Crippen molar-refractivity contribution in [1.29, 1.82) is 0 Å². The van der Waals surface area contributed by atoms with E-state index >= 15 is 0 Å². The second kappa shape index (κ2) is 8.96. The average Bonchev–Trinajstić information content (AvgIpc) is 2.53. The molecule has 0 heterocycles. The van der Waals surface area contributed by atoms with Gasteiger partial charge in [0, 0.05) is 12.6 Å². The van der Waals surface area contributed by atoms with Crippen molar-refractivity contribution >= 4 is 0 Å². The number of rotatable bonds is 8. The van der Waals surface area contributed by atoms with E-state index < -0.39 is 6.10 Å². The zero-order chi connectivity index (χ0) is 15.8. The van der Waals surface area contributed by atoms with Gasteiger partial charge in [0.1, 0.15) is 18.5 Å². The average molecular weight is 303 g/mol. The van der Waals surface area contributed by atoms with Gasteiger partial charge in [-0.25, -0.2) is 0 Å². The Morgan fingerprint density at radius 1 is 1.36 bits per heavy atom. The summed E-state index contributed by atoms with van der Waals surface area (Å²) >= 11 is 0. The van der Waals surface area contributed by atoms with Gasteiger partial charge in [0.15, 0.2) is 0 Å². The highest BCUT2D eigenvalue weighted by molar-refractivity contribution is 5.34. The number of hydrogen-bond donors (Lipinski definition) is 2. The lowest BCUT2D eigenvalue weighted by atomic mass is 9.86. The van der Waals surface area contributed by atoms with Crippen LogP contribution in [0.5, 0.6) is 5.75 Å². The number of aliphatic hydroxyl groups is 1. The minimum atomic E-state index is -0.481. The topological polar surface area (TPSA) is 41.5 Å². The van der Waals surface area contributed by atoms with Gasteiger partial charge >= 0.3 is 0 Å². The monoisotopic (exact) mass is 303 g/mol. The molecule has 1 aromatic rings. The molecule has 1 aliphatic carbocycles. The lowest BCUT2D eigenvalue weighted by Gasteiger charge is -2.30. The summed E-state index contributed by atoms with van der Waals surface area (Å²) in [4.78, 5) is 0. The molecule has 1 aliphatic rings. The lowest BCUT2D eigenvalue weighted by molar-refractivity contribution is 0.0981. The third-order valence-electron chi connectivity index (χ3n) is 4.50. The van der Waals surface area contributed by atoms with Crippen LogP contribution >= 0.6 is 0 Å². The van der Waals surface area contributed by atoms with Gasteiger partial charge in [0.05, 0.1) is 0 Å². The molecule has 3 heteroatoms. The Balaban J connectivity index is 1.75. The standard InChI is InChI=1S/C19H29NO2/c1-3-8-16-10-5-7-12-19(16)22-14-17(21)13-20-18-11-6-4-9-15(18)2/h3,5,7,10,12,15,17-18,20-21H,1,4,6,8-9,11,13-14H2,2H3. The lowest BCUT2D eigenvalue weighted by Crippen LogP contribution is -2.42. The van der Waals surface area contributed by atoms with E-state index in [2.05, 4.69) is 18.8 Å². The Labute approximate surface area is 134 Å². The van der Waals surface area contributed by atoms with Crippen LogP contribution < -0.4 is 10.1 Å². The maximum atomic E-state index is 10.1. The molecule has 1 saturated carbocycles. The largest absolute Gasteiger partial charge is 0.491 e. The van der Waals surface area contributed by atoms with Gasteiger partial charge in [-0.1, -0.05) is 44.0 Å². The molecule has 122 valence electrons. The molecule has 22 heavy (non-hydrogen) atoms. The van der Waals surface area contributed by atoms with E-state index in [9.17, 15) is 5.11 Å². The fourth-order valence-corrected chi connectivity index (χ4v) is 3.12. The summed E-state index contributed by atoms with van der Waals surface area (Å²) in [5.74, 6) is 1.54. The van der Waals surface area contributed by atoms with Gasteiger partial charge in [-0.05, 0) is 36.8 Å². The molecule has 0 amide bonds. The molecule has 0 aliphatic heterocycles. The quantitative estimate of drug-likeness (QED) is 0.724. The molecule has 0 spiro atoms. The highest BCUT2D eigenvalue weighted by atomic mass is 16.5. The Hall–Kier alpha value is -1.32. The Morgan fingerprint density at radius 3 is 2.91 bits per heavy atom. The van der Waals surface area contributed by atoms with Crippen molar-refractivity contribution in [3.8, 4) is 5.75 Å². The smallest absolute Gasteiger partial charge is 0.122 e. The van der Waals surface area contributed by atoms with E-state index in [-0.39, 0.29) is 0 Å². The molecule has 3 atom stereocenters. The van der Waals surface area contributed by atoms with Crippen molar-refractivity contribution in [2.24, 2.45) is 5.92 Å². The van der Waals surface area contributed by atoms with Crippen molar-refractivity contribution in [1.82, 2.24) is 5.32 Å². The van der Waals surface area contributed by atoms with Crippen LogP contribution in [-0.4, -0.2) is 30.4 Å². The second-order valence-electron chi connectivity index (χ2n) is 6.34. The fraction of sp³-hybridized carbons (Fsp3) is 0.579. The molecule has 0 aromatic heterocycles. The molecule has 3 nitrogen and oxygen atoms in total. The van der Waals surface area contributed by atoms with E-state index in [1.165, 1.54) is 25.7 Å². The van der Waals surface area contributed by atoms with Crippen LogP contribution in [-0.2, 0) is 6.42 Å². The van der Waals surface area contributed by atoms with Crippen molar-refractivity contribution in [3.63, 3.8) is 0 Å². The van der Waals surface area contributed by atoms with Gasteiger partial charge in [-0.3, -0.25) is 0 Å². The predicted octanol–water partition coefficient (Wildman–Crippen LogP) is 3.32. The highest BCUT2D eigenvalue weighted by Gasteiger charge is 2.21. The van der Waals surface area contributed by atoms with Crippen LogP contribution in [0.4, 0.5) is 0 Å². The molecule has 2 rings (SSSR count). The third-order valence-corrected chi connectivity index (χ3v) is 4.50. The minimum absolute atomic E-state index is 0.322. The summed E-state index contributed by atoms with van der Waals surface area (Å²) in [5, 5.41) is 13.6. The maximum Gasteiger partial charge on any atom is 0.122 e. The molecule has 1 fully saturated rings. The normalized spacial score (nSPS) is 23.0. The number of nitrogens with one attached hydrogen (secondary N) is 1. The van der Waals surface area contributed by atoms with Gasteiger partial charge in [0.2, 0.25) is 0 Å². The molecule has 0 radical (unpaired) electrons. The van der Waals surface area contributed by atoms with Crippen LogP contribution in [0, 0.1) is 5.92 Å². The Morgan fingerprint density at radius 2 is 2.14 bits per heavy atom. The second-order valence-corrected chi connectivity index (χ2v) is 6.34. The zero-order valence-electron chi connectivity index (χ0n) is 13.6. The summed E-state index contributed by atoms with van der Waals surface area (Å²) in [6.07, 6.45) is 7.31. The SMILES string of the molecule is C=CCc1ccccc1OCC(O)CNC1CCCCC1C. The van der Waals surface area contributed by atoms with Crippen LogP contribution in [0.3, 0.4) is 0 Å². The molecular formula is C19H29NO2. The number of allylic oxidation sites excluding steroid dienone is 1. The molecule has 0 bridgehead atoms. The van der Waals surface area contributed by atoms with E-state index in [0.29, 0.717) is 25.1 Å². The number of aliphatic hydroxyl groups excluding tert-OH is 1. The first kappa shape index (κ1) is 17.0. The first-order valence-electron chi connectivity index (χ1n) is 8.43. The van der Waals surface area contributed by atoms with Gasteiger partial charge in [0.25, 0.3) is 0 Å². The van der Waals surface area contributed by atoms with Crippen molar-refractivity contribution in [3.05, 3.63) is 42.5 Å². The van der Waals surface area contributed by atoms with Crippen LogP contribution in [0.2, 0.25) is 0 Å². The zero-order valence-corrected chi connectivity index (χ0v) is 13.6. The third kappa shape index (κ3) is 5.15. The fourth-order valence-electron chi connectivity index (χ4n) is 3.12. The van der Waals surface area contributed by atoms with E-state index in [0.717, 1.165) is 17.7 Å². The molecule has 0 saturated heterocycles. The van der Waals surface area contributed by atoms with Crippen LogP contribution in [0.25, 0.3) is 0 Å². The van der Waals surface area contributed by atoms with Crippen molar-refractivity contribution in [2.75, 3.05) is 13.2 Å². The van der Waals surface area contributed by atoms with Crippen molar-refractivity contribution < 1.29 is 9.84 Å². The number of hydrogen-bond acceptors (Lipinski definition) is 3. The van der Waals surface area contributed by atoms with Gasteiger partial charge < -0.3 is 15.2 Å². The molecule has 3 unspecified atom stereocenters. The van der Waals surface area contributed by atoms with Gasteiger partial charge in [-0.2, -0.15) is 0 Å². The Kier molecular flexibility index (Phi) is 6.94. The van der Waals surface area contributed by atoms with Gasteiger partial charge in [-0.15, -0.1) is 6.58 Å². The van der Waals surface area contributed by atoms with Crippen LogP contribution in [0.1, 0.15) is 38.2 Å². The van der Waals surface area contributed by atoms with Crippen molar-refractivity contribution in [2.45, 2.75) is 51.2 Å². The maximum absolute atomic E-state index is 10.1. The van der Waals surface area contributed by atoms with E-state index in [1.54, 1.807) is 0 Å². The summed E-state index contributed by atoms with van der Waals surface area (Å²) in [6.45, 7) is 6.98. The summed E-state index contributed by atoms with van der Waals surface area (Å²) in [5.41, 5.74) is 1.11. The first-order chi connectivity index (χ1) is 10.7.